The van der Waals surface area contributed by atoms with Gasteiger partial charge in [0.2, 0.25) is 0 Å². The molecule has 0 radical (unpaired) electrons. The van der Waals surface area contributed by atoms with Gasteiger partial charge in [-0.25, -0.2) is 0 Å². The number of rotatable bonds is 3. The van der Waals surface area contributed by atoms with Crippen LogP contribution in [0.2, 0.25) is 0 Å². The predicted octanol–water partition coefficient (Wildman–Crippen LogP) is 0.860. The molecule has 18 heavy (non-hydrogen) atoms. The van der Waals surface area contributed by atoms with Crippen molar-refractivity contribution in [1.82, 2.24) is 4.98 Å². The van der Waals surface area contributed by atoms with E-state index in [1.807, 2.05) is 18.2 Å². The van der Waals surface area contributed by atoms with E-state index in [0.29, 0.717) is 12.1 Å². The minimum atomic E-state index is -0.664. The average molecular weight is 245 g/mol. The van der Waals surface area contributed by atoms with Crippen molar-refractivity contribution in [2.75, 3.05) is 12.8 Å². The number of anilines is 1. The van der Waals surface area contributed by atoms with Gasteiger partial charge in [-0.15, -0.1) is 0 Å². The number of nitrogen functional groups attached to an aromatic ring is 1. The maximum atomic E-state index is 11.2. The molecule has 0 aliphatic heterocycles. The van der Waals surface area contributed by atoms with E-state index in [2.05, 4.69) is 9.72 Å². The molecule has 1 aromatic carbocycles. The Morgan fingerprint density at radius 1 is 1.44 bits per heavy atom. The predicted molar refractivity (Wildman–Crippen MR) is 69.9 cm³/mol. The first kappa shape index (κ1) is 12.3. The van der Waals surface area contributed by atoms with Crippen molar-refractivity contribution in [1.29, 1.82) is 0 Å². The lowest BCUT2D eigenvalue weighted by atomic mass is 10.1. The number of benzene rings is 1. The molecule has 0 aliphatic rings. The van der Waals surface area contributed by atoms with E-state index in [-0.39, 0.29) is 0 Å². The quantitative estimate of drug-likeness (QED) is 0.618. The smallest absolute Gasteiger partial charge is 0.322 e. The van der Waals surface area contributed by atoms with E-state index >= 15 is 0 Å². The first-order valence-electron chi connectivity index (χ1n) is 5.57. The zero-order chi connectivity index (χ0) is 13.1. The van der Waals surface area contributed by atoms with E-state index in [4.69, 9.17) is 11.5 Å². The molecule has 1 heterocycles. The van der Waals surface area contributed by atoms with E-state index in [1.54, 1.807) is 12.3 Å². The van der Waals surface area contributed by atoms with Gasteiger partial charge < -0.3 is 16.2 Å². The molecule has 0 fully saturated rings. The fourth-order valence-corrected chi connectivity index (χ4v) is 1.78. The van der Waals surface area contributed by atoms with E-state index in [1.165, 1.54) is 7.11 Å². The second-order valence-corrected chi connectivity index (χ2v) is 4.13. The van der Waals surface area contributed by atoms with Crippen molar-refractivity contribution < 1.29 is 9.53 Å². The third-order valence-electron chi connectivity index (χ3n) is 2.72. The molecule has 94 valence electrons. The molecule has 5 nitrogen and oxygen atoms in total. The first-order valence-corrected chi connectivity index (χ1v) is 5.57. The number of nitrogens with two attached hydrogens (primary N) is 2. The van der Waals surface area contributed by atoms with E-state index in [9.17, 15) is 4.79 Å². The Morgan fingerprint density at radius 2 is 2.22 bits per heavy atom. The lowest BCUT2D eigenvalue weighted by molar-refractivity contribution is -0.142. The molecule has 0 bridgehead atoms. The number of methoxy groups -OCH3 is 1. The summed E-state index contributed by atoms with van der Waals surface area (Å²) >= 11 is 0. The lowest BCUT2D eigenvalue weighted by Gasteiger charge is -2.09. The SMILES string of the molecule is COC(=O)[C@@H](N)Cc1cnc2cc(N)ccc2c1. The van der Waals surface area contributed by atoms with Crippen LogP contribution in [-0.2, 0) is 16.0 Å². The molecule has 2 aromatic rings. The minimum absolute atomic E-state index is 0.403. The molecule has 0 saturated carbocycles. The second kappa shape index (κ2) is 5.01. The number of fused-ring (bicyclic) bond motifs is 1. The van der Waals surface area contributed by atoms with Crippen molar-refractivity contribution in [2.45, 2.75) is 12.5 Å². The number of esters is 1. The minimum Gasteiger partial charge on any atom is -0.468 e. The molecular formula is C13H15N3O2. The van der Waals surface area contributed by atoms with Crippen LogP contribution >= 0.6 is 0 Å². The molecule has 0 aliphatic carbocycles. The normalized spacial score (nSPS) is 12.3. The standard InChI is InChI=1S/C13H15N3O2/c1-18-13(17)11(15)5-8-4-9-2-3-10(14)6-12(9)16-7-8/h2-4,6-7,11H,5,14-15H2,1H3/t11-/m0/s1. The van der Waals surface area contributed by atoms with Crippen LogP contribution in [0.15, 0.2) is 30.5 Å². The number of ether oxygens (including phenoxy) is 1. The van der Waals surface area contributed by atoms with Crippen LogP contribution in [0.3, 0.4) is 0 Å². The Morgan fingerprint density at radius 3 is 2.94 bits per heavy atom. The number of aromatic nitrogens is 1. The van der Waals surface area contributed by atoms with E-state index < -0.39 is 12.0 Å². The van der Waals surface area contributed by atoms with Crippen molar-refractivity contribution >= 4 is 22.6 Å². The van der Waals surface area contributed by atoms with Crippen LogP contribution in [-0.4, -0.2) is 24.1 Å². The first-order chi connectivity index (χ1) is 8.60. The Labute approximate surface area is 105 Å². The molecule has 5 heteroatoms. The van der Waals surface area contributed by atoms with Crippen LogP contribution in [0.4, 0.5) is 5.69 Å². The maximum Gasteiger partial charge on any atom is 0.322 e. The van der Waals surface area contributed by atoms with Gasteiger partial charge in [0.15, 0.2) is 0 Å². The number of pyridine rings is 1. The summed E-state index contributed by atoms with van der Waals surface area (Å²) in [6, 6.07) is 6.80. The maximum absolute atomic E-state index is 11.2. The molecular weight excluding hydrogens is 230 g/mol. The summed E-state index contributed by atoms with van der Waals surface area (Å²) in [7, 11) is 1.32. The van der Waals surface area contributed by atoms with Gasteiger partial charge >= 0.3 is 5.97 Å². The van der Waals surface area contributed by atoms with Crippen LogP contribution in [0.5, 0.6) is 0 Å². The summed E-state index contributed by atoms with van der Waals surface area (Å²) in [6.07, 6.45) is 2.10. The van der Waals surface area contributed by atoms with Gasteiger partial charge in [-0.05, 0) is 30.2 Å². The number of carbonyl (C=O) groups excluding carboxylic acids is 1. The Bertz CT molecular complexity index is 583. The Hall–Kier alpha value is -2.14. The van der Waals surface area contributed by atoms with Crippen LogP contribution in [0, 0.1) is 0 Å². The largest absolute Gasteiger partial charge is 0.468 e. The second-order valence-electron chi connectivity index (χ2n) is 4.13. The number of carbonyl (C=O) groups is 1. The number of hydrogen-bond donors (Lipinski definition) is 2. The number of hydrogen-bond acceptors (Lipinski definition) is 5. The summed E-state index contributed by atoms with van der Waals surface area (Å²) < 4.78 is 4.59. The highest BCUT2D eigenvalue weighted by Gasteiger charge is 2.14. The molecule has 1 atom stereocenters. The fraction of sp³-hybridized carbons (Fsp3) is 0.231. The Kier molecular flexibility index (Phi) is 3.43. The molecule has 0 unspecified atom stereocenters. The van der Waals surface area contributed by atoms with Crippen molar-refractivity contribution in [3.05, 3.63) is 36.0 Å². The van der Waals surface area contributed by atoms with Crippen molar-refractivity contribution in [2.24, 2.45) is 5.73 Å². The molecule has 1 aromatic heterocycles. The molecule has 0 saturated heterocycles. The van der Waals surface area contributed by atoms with Gasteiger partial charge in [0.25, 0.3) is 0 Å². The zero-order valence-corrected chi connectivity index (χ0v) is 10.1. The number of nitrogens with zero attached hydrogens (tertiary/aromatic N) is 1. The Balaban J connectivity index is 2.25. The van der Waals surface area contributed by atoms with Gasteiger partial charge in [-0.2, -0.15) is 0 Å². The van der Waals surface area contributed by atoms with E-state index in [0.717, 1.165) is 16.5 Å². The zero-order valence-electron chi connectivity index (χ0n) is 10.1. The summed E-state index contributed by atoms with van der Waals surface area (Å²) in [6.45, 7) is 0. The highest BCUT2D eigenvalue weighted by atomic mass is 16.5. The summed E-state index contributed by atoms with van der Waals surface area (Å²) in [5.41, 5.74) is 13.8. The van der Waals surface area contributed by atoms with Gasteiger partial charge in [0.1, 0.15) is 6.04 Å². The molecule has 2 rings (SSSR count). The fourth-order valence-electron chi connectivity index (χ4n) is 1.78. The summed E-state index contributed by atoms with van der Waals surface area (Å²) in [4.78, 5) is 15.5. The monoisotopic (exact) mass is 245 g/mol. The highest BCUT2D eigenvalue weighted by molar-refractivity contribution is 5.82. The van der Waals surface area contributed by atoms with Crippen molar-refractivity contribution in [3.8, 4) is 0 Å². The molecule has 0 spiro atoms. The third kappa shape index (κ3) is 2.57. The molecule has 4 N–H and O–H groups in total. The van der Waals surface area contributed by atoms with Crippen LogP contribution in [0.25, 0.3) is 10.9 Å². The third-order valence-corrected chi connectivity index (χ3v) is 2.72. The topological polar surface area (TPSA) is 91.2 Å². The van der Waals surface area contributed by atoms with Crippen LogP contribution in [0.1, 0.15) is 5.56 Å². The van der Waals surface area contributed by atoms with Crippen LogP contribution < -0.4 is 11.5 Å². The summed E-state index contributed by atoms with van der Waals surface area (Å²) in [5, 5.41) is 0.971. The van der Waals surface area contributed by atoms with Crippen molar-refractivity contribution in [3.63, 3.8) is 0 Å². The lowest BCUT2D eigenvalue weighted by Crippen LogP contribution is -2.33. The van der Waals surface area contributed by atoms with Gasteiger partial charge in [-0.3, -0.25) is 9.78 Å². The van der Waals surface area contributed by atoms with Gasteiger partial charge in [0, 0.05) is 17.3 Å². The van der Waals surface area contributed by atoms with Gasteiger partial charge in [0.05, 0.1) is 12.6 Å². The van der Waals surface area contributed by atoms with Gasteiger partial charge in [-0.1, -0.05) is 6.07 Å². The summed E-state index contributed by atoms with van der Waals surface area (Å²) in [5.74, 6) is -0.424. The molecule has 0 amide bonds. The highest BCUT2D eigenvalue weighted by Crippen LogP contribution is 2.17. The average Bonchev–Trinajstić information content (AvgIpc) is 2.38.